The summed E-state index contributed by atoms with van der Waals surface area (Å²) in [5, 5.41) is 15.3. The molecule has 0 unspecified atom stereocenters. The molecule has 0 bridgehead atoms. The predicted molar refractivity (Wildman–Crippen MR) is 66.7 cm³/mol. The fraction of sp³-hybridized carbons (Fsp3) is 0.182. The van der Waals surface area contributed by atoms with Crippen LogP contribution in [0.25, 0.3) is 0 Å². The van der Waals surface area contributed by atoms with Gasteiger partial charge in [0, 0.05) is 12.8 Å². The number of halogens is 1. The summed E-state index contributed by atoms with van der Waals surface area (Å²) in [6.45, 7) is 0. The third kappa shape index (κ3) is 2.68. The molecule has 2 aromatic rings. The van der Waals surface area contributed by atoms with E-state index in [1.165, 1.54) is 29.8 Å². The molecule has 100 valence electrons. The number of carbonyl (C=O) groups is 1. The van der Waals surface area contributed by atoms with Crippen LogP contribution in [0.2, 0.25) is 0 Å². The van der Waals surface area contributed by atoms with Gasteiger partial charge >= 0.3 is 11.7 Å². The number of aromatic carboxylic acids is 1. The van der Waals surface area contributed by atoms with E-state index in [9.17, 15) is 14.0 Å². The van der Waals surface area contributed by atoms with E-state index in [0.29, 0.717) is 5.16 Å². The van der Waals surface area contributed by atoms with Crippen LogP contribution in [-0.2, 0) is 12.8 Å². The highest BCUT2D eigenvalue weighted by atomic mass is 32.2. The average Bonchev–Trinajstić information content (AvgIpc) is 2.68. The van der Waals surface area contributed by atoms with Crippen molar-refractivity contribution in [1.82, 2.24) is 14.8 Å². The Hall–Kier alpha value is -2.09. The van der Waals surface area contributed by atoms with Gasteiger partial charge in [0.15, 0.2) is 5.16 Å². The molecule has 0 saturated carbocycles. The smallest absolute Gasteiger partial charge is 0.343 e. The number of benzene rings is 1. The second kappa shape index (κ2) is 5.27. The van der Waals surface area contributed by atoms with Crippen molar-refractivity contribution in [3.63, 3.8) is 0 Å². The molecule has 2 rings (SSSR count). The van der Waals surface area contributed by atoms with Crippen molar-refractivity contribution in [2.45, 2.75) is 10.9 Å². The SMILES string of the molecule is Cn1c(SCc2cccc(C(=O)O)c2F)n[nH]c1=O. The van der Waals surface area contributed by atoms with Gasteiger partial charge in [-0.05, 0) is 11.6 Å². The number of carboxylic acid groups (broad SMARTS) is 1. The lowest BCUT2D eigenvalue weighted by molar-refractivity contribution is 0.0691. The number of carboxylic acids is 1. The standard InChI is InChI=1S/C11H10FN3O3S/c1-15-10(18)13-14-11(15)19-5-6-3-2-4-7(8(6)12)9(16)17/h2-4H,5H2,1H3,(H,13,18)(H,16,17). The molecule has 0 aliphatic carbocycles. The van der Waals surface area contributed by atoms with E-state index in [4.69, 9.17) is 5.11 Å². The highest BCUT2D eigenvalue weighted by molar-refractivity contribution is 7.98. The van der Waals surface area contributed by atoms with E-state index in [1.807, 2.05) is 0 Å². The Morgan fingerprint density at radius 3 is 2.89 bits per heavy atom. The van der Waals surface area contributed by atoms with Gasteiger partial charge in [-0.15, -0.1) is 5.10 Å². The number of aromatic nitrogens is 3. The number of H-pyrrole nitrogens is 1. The molecular formula is C11H10FN3O3S. The molecule has 0 fully saturated rings. The first-order chi connectivity index (χ1) is 9.00. The fourth-order valence-electron chi connectivity index (χ4n) is 1.46. The Morgan fingerprint density at radius 2 is 2.32 bits per heavy atom. The summed E-state index contributed by atoms with van der Waals surface area (Å²) in [5.74, 6) is -1.88. The van der Waals surface area contributed by atoms with Gasteiger partial charge in [0.05, 0.1) is 5.56 Å². The summed E-state index contributed by atoms with van der Waals surface area (Å²) in [4.78, 5) is 21.9. The summed E-state index contributed by atoms with van der Waals surface area (Å²) >= 11 is 1.14. The van der Waals surface area contributed by atoms with Crippen molar-refractivity contribution in [3.8, 4) is 0 Å². The maximum Gasteiger partial charge on any atom is 0.343 e. The van der Waals surface area contributed by atoms with E-state index in [0.717, 1.165) is 11.8 Å². The monoisotopic (exact) mass is 283 g/mol. The minimum atomic E-state index is -1.31. The van der Waals surface area contributed by atoms with Gasteiger partial charge in [-0.3, -0.25) is 4.57 Å². The normalized spacial score (nSPS) is 10.6. The minimum absolute atomic E-state index is 0.186. The van der Waals surface area contributed by atoms with Gasteiger partial charge in [-0.2, -0.15) is 0 Å². The van der Waals surface area contributed by atoms with Crippen molar-refractivity contribution in [2.24, 2.45) is 7.05 Å². The lowest BCUT2D eigenvalue weighted by Gasteiger charge is -2.04. The number of nitrogens with one attached hydrogen (secondary N) is 1. The van der Waals surface area contributed by atoms with Crippen LogP contribution in [0.15, 0.2) is 28.2 Å². The van der Waals surface area contributed by atoms with Crippen molar-refractivity contribution in [2.75, 3.05) is 0 Å². The van der Waals surface area contributed by atoms with Crippen LogP contribution < -0.4 is 5.69 Å². The zero-order chi connectivity index (χ0) is 14.0. The molecule has 0 atom stereocenters. The molecule has 0 saturated heterocycles. The van der Waals surface area contributed by atoms with Crippen LogP contribution >= 0.6 is 11.8 Å². The lowest BCUT2D eigenvalue weighted by atomic mass is 10.1. The van der Waals surface area contributed by atoms with E-state index in [1.54, 1.807) is 0 Å². The Balaban J connectivity index is 2.21. The van der Waals surface area contributed by atoms with E-state index in [2.05, 4.69) is 10.2 Å². The molecule has 1 aromatic carbocycles. The van der Waals surface area contributed by atoms with Crippen LogP contribution in [-0.4, -0.2) is 25.8 Å². The molecule has 0 spiro atoms. The molecule has 2 N–H and O–H groups in total. The molecule has 1 aromatic heterocycles. The van der Waals surface area contributed by atoms with Crippen molar-refractivity contribution in [3.05, 3.63) is 45.6 Å². The Morgan fingerprint density at radius 1 is 1.58 bits per heavy atom. The van der Waals surface area contributed by atoms with Crippen LogP contribution in [0, 0.1) is 5.82 Å². The maximum atomic E-state index is 13.8. The summed E-state index contributed by atoms with van der Waals surface area (Å²) in [6, 6.07) is 4.18. The highest BCUT2D eigenvalue weighted by Gasteiger charge is 2.14. The molecule has 0 radical (unpaired) electrons. The first-order valence-corrected chi connectivity index (χ1v) is 6.24. The minimum Gasteiger partial charge on any atom is -0.478 e. The zero-order valence-electron chi connectivity index (χ0n) is 9.88. The number of rotatable bonds is 4. The second-order valence-corrected chi connectivity index (χ2v) is 4.69. The molecule has 0 amide bonds. The van der Waals surface area contributed by atoms with Gasteiger partial charge in [-0.25, -0.2) is 19.1 Å². The largest absolute Gasteiger partial charge is 0.478 e. The zero-order valence-corrected chi connectivity index (χ0v) is 10.7. The summed E-state index contributed by atoms with van der Waals surface area (Å²) in [5.41, 5.74) is -0.475. The third-order valence-corrected chi connectivity index (χ3v) is 3.58. The molecule has 6 nitrogen and oxygen atoms in total. The molecule has 0 aliphatic heterocycles. The summed E-state index contributed by atoms with van der Waals surface area (Å²) in [6.07, 6.45) is 0. The van der Waals surface area contributed by atoms with Crippen molar-refractivity contribution in [1.29, 1.82) is 0 Å². The quantitative estimate of drug-likeness (QED) is 0.824. The first kappa shape index (κ1) is 13.3. The Labute approximate surface area is 111 Å². The highest BCUT2D eigenvalue weighted by Crippen LogP contribution is 2.22. The summed E-state index contributed by atoms with van der Waals surface area (Å²) in [7, 11) is 1.54. The van der Waals surface area contributed by atoms with Gasteiger partial charge < -0.3 is 5.11 Å². The van der Waals surface area contributed by atoms with Gasteiger partial charge in [0.1, 0.15) is 5.82 Å². The first-order valence-electron chi connectivity index (χ1n) is 5.25. The van der Waals surface area contributed by atoms with Crippen LogP contribution in [0.5, 0.6) is 0 Å². The average molecular weight is 283 g/mol. The Kier molecular flexibility index (Phi) is 3.70. The topological polar surface area (TPSA) is 88.0 Å². The van der Waals surface area contributed by atoms with Crippen molar-refractivity contribution >= 4 is 17.7 Å². The second-order valence-electron chi connectivity index (χ2n) is 3.74. The van der Waals surface area contributed by atoms with Crippen LogP contribution in [0.4, 0.5) is 4.39 Å². The Bertz CT molecular complexity index is 680. The molecule has 0 aliphatic rings. The number of nitrogens with zero attached hydrogens (tertiary/aromatic N) is 2. The van der Waals surface area contributed by atoms with Gasteiger partial charge in [0.25, 0.3) is 0 Å². The summed E-state index contributed by atoms with van der Waals surface area (Å²) < 4.78 is 15.1. The molecule has 19 heavy (non-hydrogen) atoms. The predicted octanol–water partition coefficient (Wildman–Crippen LogP) is 1.24. The van der Waals surface area contributed by atoms with E-state index < -0.39 is 11.8 Å². The third-order valence-electron chi connectivity index (χ3n) is 2.50. The number of thioether (sulfide) groups is 1. The van der Waals surface area contributed by atoms with Crippen LogP contribution in [0.3, 0.4) is 0 Å². The van der Waals surface area contributed by atoms with Crippen LogP contribution in [0.1, 0.15) is 15.9 Å². The fourth-order valence-corrected chi connectivity index (χ4v) is 2.35. The van der Waals surface area contributed by atoms with Gasteiger partial charge in [-0.1, -0.05) is 23.9 Å². The van der Waals surface area contributed by atoms with Gasteiger partial charge in [0.2, 0.25) is 0 Å². The number of aromatic amines is 1. The molecule has 1 heterocycles. The molecule has 8 heteroatoms. The lowest BCUT2D eigenvalue weighted by Crippen LogP contribution is -2.12. The van der Waals surface area contributed by atoms with E-state index >= 15 is 0 Å². The van der Waals surface area contributed by atoms with Crippen molar-refractivity contribution < 1.29 is 14.3 Å². The van der Waals surface area contributed by atoms with E-state index in [-0.39, 0.29) is 22.6 Å². The number of hydrogen-bond acceptors (Lipinski definition) is 4. The maximum absolute atomic E-state index is 13.8. The number of hydrogen-bond donors (Lipinski definition) is 2. The molecular weight excluding hydrogens is 273 g/mol.